The van der Waals surface area contributed by atoms with Crippen molar-refractivity contribution in [3.63, 3.8) is 0 Å². The number of hydrogen-bond acceptors (Lipinski definition) is 3. The zero-order chi connectivity index (χ0) is 14.9. The van der Waals surface area contributed by atoms with E-state index in [0.717, 1.165) is 11.9 Å². The van der Waals surface area contributed by atoms with Gasteiger partial charge in [-0.1, -0.05) is 0 Å². The van der Waals surface area contributed by atoms with Crippen LogP contribution in [0.1, 0.15) is 36.8 Å². The normalized spacial score (nSPS) is 11.4. The molecule has 1 N–H and O–H groups in total. The average molecular weight is 276 g/mol. The van der Waals surface area contributed by atoms with Crippen LogP contribution in [0.3, 0.4) is 0 Å². The predicted molar refractivity (Wildman–Crippen MR) is 74.1 cm³/mol. The lowest BCUT2D eigenvalue weighted by molar-refractivity contribution is 0.102. The monoisotopic (exact) mass is 276 g/mol. The van der Waals surface area contributed by atoms with Crippen molar-refractivity contribution in [3.05, 3.63) is 41.6 Å². The average Bonchev–Trinajstić information content (AvgIpc) is 2.70. The van der Waals surface area contributed by atoms with E-state index in [1.54, 1.807) is 6.07 Å². The molecule has 0 saturated carbocycles. The lowest BCUT2D eigenvalue weighted by atomic mass is 10.1. The zero-order valence-electron chi connectivity index (χ0n) is 11.9. The van der Waals surface area contributed by atoms with Gasteiger partial charge in [0, 0.05) is 18.0 Å². The van der Waals surface area contributed by atoms with Crippen molar-refractivity contribution in [3.8, 4) is 0 Å². The topological polar surface area (TPSA) is 59.8 Å². The van der Waals surface area contributed by atoms with Crippen LogP contribution in [-0.4, -0.2) is 20.7 Å². The Balaban J connectivity index is 2.23. The molecule has 6 heteroatoms. The second-order valence-corrected chi connectivity index (χ2v) is 5.56. The van der Waals surface area contributed by atoms with Crippen LogP contribution in [0.15, 0.2) is 24.5 Å². The summed E-state index contributed by atoms with van der Waals surface area (Å²) in [5.74, 6) is -0.793. The first-order valence-corrected chi connectivity index (χ1v) is 6.27. The number of carbonyl (C=O) groups is 1. The Kier molecular flexibility index (Phi) is 3.57. The van der Waals surface area contributed by atoms with Gasteiger partial charge in [-0.05, 0) is 33.8 Å². The van der Waals surface area contributed by atoms with Crippen LogP contribution in [0, 0.1) is 12.7 Å². The van der Waals surface area contributed by atoms with Gasteiger partial charge >= 0.3 is 0 Å². The van der Waals surface area contributed by atoms with Crippen LogP contribution >= 0.6 is 0 Å². The lowest BCUT2D eigenvalue weighted by Crippen LogP contribution is -2.24. The highest BCUT2D eigenvalue weighted by molar-refractivity contribution is 6.03. The number of amides is 1. The number of carbonyl (C=O) groups excluding carboxylic acids is 1. The SMILES string of the molecule is Cc1cc(NC(=O)c2ccncc2F)nn1C(C)(C)C. The van der Waals surface area contributed by atoms with E-state index < -0.39 is 11.7 Å². The maximum Gasteiger partial charge on any atom is 0.259 e. The summed E-state index contributed by atoms with van der Waals surface area (Å²) in [4.78, 5) is 15.6. The van der Waals surface area contributed by atoms with Gasteiger partial charge in [0.2, 0.25) is 0 Å². The number of nitrogens with zero attached hydrogens (tertiary/aromatic N) is 3. The summed E-state index contributed by atoms with van der Waals surface area (Å²) in [6, 6.07) is 3.08. The number of rotatable bonds is 2. The van der Waals surface area contributed by atoms with Crippen molar-refractivity contribution in [2.24, 2.45) is 0 Å². The number of anilines is 1. The third-order valence-corrected chi connectivity index (χ3v) is 2.78. The Morgan fingerprint density at radius 2 is 2.10 bits per heavy atom. The molecule has 0 saturated heterocycles. The van der Waals surface area contributed by atoms with Gasteiger partial charge in [0.15, 0.2) is 11.6 Å². The summed E-state index contributed by atoms with van der Waals surface area (Å²) in [6.07, 6.45) is 2.38. The molecule has 106 valence electrons. The molecule has 2 heterocycles. The molecule has 2 rings (SSSR count). The molecule has 0 aliphatic rings. The first-order chi connectivity index (χ1) is 9.29. The molecule has 20 heavy (non-hydrogen) atoms. The molecule has 0 atom stereocenters. The van der Waals surface area contributed by atoms with Crippen LogP contribution in [0.2, 0.25) is 0 Å². The molecule has 0 spiro atoms. The highest BCUT2D eigenvalue weighted by Gasteiger charge is 2.19. The van der Waals surface area contributed by atoms with Gasteiger partial charge in [0.25, 0.3) is 5.91 Å². The first kappa shape index (κ1) is 14.2. The Morgan fingerprint density at radius 3 is 2.65 bits per heavy atom. The summed E-state index contributed by atoms with van der Waals surface area (Å²) in [6.45, 7) is 7.95. The second kappa shape index (κ2) is 5.03. The molecule has 2 aromatic rings. The molecule has 0 fully saturated rings. The number of aryl methyl sites for hydroxylation is 1. The Hall–Kier alpha value is -2.24. The molecular weight excluding hydrogens is 259 g/mol. The Morgan fingerprint density at radius 1 is 1.40 bits per heavy atom. The number of aromatic nitrogens is 3. The van der Waals surface area contributed by atoms with Gasteiger partial charge in [-0.3, -0.25) is 14.5 Å². The highest BCUT2D eigenvalue weighted by Crippen LogP contribution is 2.19. The van der Waals surface area contributed by atoms with Gasteiger partial charge in [-0.25, -0.2) is 4.39 Å². The van der Waals surface area contributed by atoms with Crippen molar-refractivity contribution in [2.45, 2.75) is 33.2 Å². The van der Waals surface area contributed by atoms with Crippen molar-refractivity contribution in [1.82, 2.24) is 14.8 Å². The summed E-state index contributed by atoms with van der Waals surface area (Å²) in [5.41, 5.74) is 0.681. The maximum absolute atomic E-state index is 13.5. The molecule has 0 aliphatic carbocycles. The van der Waals surface area contributed by atoms with Crippen LogP contribution in [0.25, 0.3) is 0 Å². The fraction of sp³-hybridized carbons (Fsp3) is 0.357. The van der Waals surface area contributed by atoms with Crippen LogP contribution < -0.4 is 5.32 Å². The van der Waals surface area contributed by atoms with Gasteiger partial charge < -0.3 is 5.32 Å². The fourth-order valence-corrected chi connectivity index (χ4v) is 1.96. The molecule has 0 radical (unpaired) electrons. The van der Waals surface area contributed by atoms with Gasteiger partial charge in [0.1, 0.15) is 0 Å². The number of halogens is 1. The Labute approximate surface area is 116 Å². The van der Waals surface area contributed by atoms with Crippen LogP contribution in [0.5, 0.6) is 0 Å². The van der Waals surface area contributed by atoms with E-state index in [1.807, 2.05) is 32.4 Å². The number of pyridine rings is 1. The Bertz CT molecular complexity index is 643. The van der Waals surface area contributed by atoms with E-state index in [9.17, 15) is 9.18 Å². The predicted octanol–water partition coefficient (Wildman–Crippen LogP) is 2.73. The second-order valence-electron chi connectivity index (χ2n) is 5.56. The van der Waals surface area contributed by atoms with E-state index in [2.05, 4.69) is 15.4 Å². The minimum atomic E-state index is -0.656. The molecule has 2 aromatic heterocycles. The van der Waals surface area contributed by atoms with Crippen molar-refractivity contribution < 1.29 is 9.18 Å². The van der Waals surface area contributed by atoms with E-state index >= 15 is 0 Å². The molecule has 1 amide bonds. The molecule has 0 aliphatic heterocycles. The molecule has 5 nitrogen and oxygen atoms in total. The zero-order valence-corrected chi connectivity index (χ0v) is 11.9. The van der Waals surface area contributed by atoms with Gasteiger partial charge in [0.05, 0.1) is 17.3 Å². The largest absolute Gasteiger partial charge is 0.305 e. The van der Waals surface area contributed by atoms with Crippen LogP contribution in [-0.2, 0) is 5.54 Å². The molecule has 0 bridgehead atoms. The fourth-order valence-electron chi connectivity index (χ4n) is 1.96. The van der Waals surface area contributed by atoms with Crippen LogP contribution in [0.4, 0.5) is 10.2 Å². The summed E-state index contributed by atoms with van der Waals surface area (Å²) in [5, 5.41) is 6.92. The minimum absolute atomic E-state index is 0.0528. The summed E-state index contributed by atoms with van der Waals surface area (Å²) >= 11 is 0. The van der Waals surface area contributed by atoms with Crippen molar-refractivity contribution in [1.29, 1.82) is 0 Å². The summed E-state index contributed by atoms with van der Waals surface area (Å²) in [7, 11) is 0. The maximum atomic E-state index is 13.5. The minimum Gasteiger partial charge on any atom is -0.305 e. The van der Waals surface area contributed by atoms with E-state index in [4.69, 9.17) is 0 Å². The van der Waals surface area contributed by atoms with Gasteiger partial charge in [-0.2, -0.15) is 5.10 Å². The first-order valence-electron chi connectivity index (χ1n) is 6.27. The number of hydrogen-bond donors (Lipinski definition) is 1. The van der Waals surface area contributed by atoms with E-state index in [-0.39, 0.29) is 11.1 Å². The quantitative estimate of drug-likeness (QED) is 0.917. The van der Waals surface area contributed by atoms with E-state index in [0.29, 0.717) is 5.82 Å². The smallest absolute Gasteiger partial charge is 0.259 e. The standard InChI is InChI=1S/C14H17FN4O/c1-9-7-12(18-19(9)14(2,3)4)17-13(20)10-5-6-16-8-11(10)15/h5-8H,1-4H3,(H,17,18,20). The van der Waals surface area contributed by atoms with E-state index in [1.165, 1.54) is 12.3 Å². The molecule has 0 aromatic carbocycles. The van der Waals surface area contributed by atoms with Crippen molar-refractivity contribution >= 4 is 11.7 Å². The highest BCUT2D eigenvalue weighted by atomic mass is 19.1. The molecular formula is C14H17FN4O. The van der Waals surface area contributed by atoms with Gasteiger partial charge in [-0.15, -0.1) is 0 Å². The summed E-state index contributed by atoms with van der Waals surface area (Å²) < 4.78 is 15.3. The van der Waals surface area contributed by atoms with Crippen molar-refractivity contribution in [2.75, 3.05) is 5.32 Å². The third kappa shape index (κ3) is 2.84. The third-order valence-electron chi connectivity index (χ3n) is 2.78. The molecule has 0 unspecified atom stereocenters. The number of nitrogens with one attached hydrogen (secondary N) is 1. The lowest BCUT2D eigenvalue weighted by Gasteiger charge is -2.21.